The van der Waals surface area contributed by atoms with Crippen LogP contribution in [0.4, 0.5) is 4.79 Å². The van der Waals surface area contributed by atoms with Gasteiger partial charge in [-0.3, -0.25) is 15.0 Å². The Kier molecular flexibility index (Phi) is 8.04. The maximum absolute atomic E-state index is 13.7. The fourth-order valence-corrected chi connectivity index (χ4v) is 4.48. The van der Waals surface area contributed by atoms with Crippen LogP contribution in [-0.4, -0.2) is 63.4 Å². The molecule has 1 aromatic rings. The van der Waals surface area contributed by atoms with Gasteiger partial charge in [0.2, 0.25) is 11.9 Å². The number of hydrogen-bond acceptors (Lipinski definition) is 7. The Hall–Kier alpha value is -3.14. The van der Waals surface area contributed by atoms with Gasteiger partial charge in [-0.2, -0.15) is 0 Å². The Morgan fingerprint density at radius 2 is 2.06 bits per heavy atom. The van der Waals surface area contributed by atoms with Crippen molar-refractivity contribution in [2.75, 3.05) is 13.2 Å². The minimum atomic E-state index is -1.09. The van der Waals surface area contributed by atoms with Crippen LogP contribution >= 0.6 is 0 Å². The molecule has 0 saturated heterocycles. The van der Waals surface area contributed by atoms with Gasteiger partial charge in [0.05, 0.1) is 30.2 Å². The normalized spacial score (nSPS) is 22.1. The van der Waals surface area contributed by atoms with E-state index in [1.165, 1.54) is 17.0 Å². The number of rotatable bonds is 7. The summed E-state index contributed by atoms with van der Waals surface area (Å²) >= 11 is 0. The summed E-state index contributed by atoms with van der Waals surface area (Å²) < 4.78 is 11.1. The molecule has 0 bridgehead atoms. The molecule has 2 atom stereocenters. The molecule has 10 nitrogen and oxygen atoms in total. The lowest BCUT2D eigenvalue weighted by atomic mass is 9.84. The minimum absolute atomic E-state index is 0.0529. The van der Waals surface area contributed by atoms with Crippen LogP contribution in [0.1, 0.15) is 88.2 Å². The average molecular weight is 490 g/mol. The van der Waals surface area contributed by atoms with Crippen molar-refractivity contribution in [3.05, 3.63) is 29.3 Å². The second-order valence-corrected chi connectivity index (χ2v) is 9.97. The van der Waals surface area contributed by atoms with E-state index in [1.54, 1.807) is 26.8 Å². The smallest absolute Gasteiger partial charge is 0.414 e. The first-order valence-electron chi connectivity index (χ1n) is 12.0. The highest BCUT2D eigenvalue weighted by Crippen LogP contribution is 2.41. The van der Waals surface area contributed by atoms with E-state index >= 15 is 0 Å². The average Bonchev–Trinajstić information content (AvgIpc) is 2.77. The van der Waals surface area contributed by atoms with Gasteiger partial charge in [0.25, 0.3) is 0 Å². The van der Waals surface area contributed by atoms with Crippen molar-refractivity contribution in [1.82, 2.24) is 10.2 Å². The molecule has 2 heterocycles. The van der Waals surface area contributed by atoms with Crippen molar-refractivity contribution in [2.24, 2.45) is 4.99 Å². The number of alkyl carbamates (subject to hydrolysis) is 1. The van der Waals surface area contributed by atoms with E-state index in [1.807, 2.05) is 6.92 Å². The molecule has 2 aliphatic rings. The van der Waals surface area contributed by atoms with Crippen molar-refractivity contribution in [3.63, 3.8) is 0 Å². The number of carbonyl (C=O) groups excluding carboxylic acids is 2. The number of guanidine groups is 1. The minimum Gasteiger partial charge on any atom is -0.493 e. The first kappa shape index (κ1) is 26.5. The molecule has 0 spiro atoms. The molecule has 0 saturated carbocycles. The van der Waals surface area contributed by atoms with Gasteiger partial charge in [0.15, 0.2) is 0 Å². The summed E-state index contributed by atoms with van der Waals surface area (Å²) in [7, 11) is 0. The Labute approximate surface area is 205 Å². The van der Waals surface area contributed by atoms with E-state index in [2.05, 4.69) is 5.32 Å². The van der Waals surface area contributed by atoms with Gasteiger partial charge in [-0.1, -0.05) is 6.92 Å². The summed E-state index contributed by atoms with van der Waals surface area (Å²) in [6, 6.07) is 3.98. The molecule has 192 valence electrons. The fraction of sp³-hybridized carbons (Fsp3) is 0.600. The summed E-state index contributed by atoms with van der Waals surface area (Å²) in [5.41, 5.74) is -0.843. The fourth-order valence-electron chi connectivity index (χ4n) is 4.48. The molecular formula is C25H35N3O7. The van der Waals surface area contributed by atoms with Crippen molar-refractivity contribution < 1.29 is 34.1 Å². The van der Waals surface area contributed by atoms with Crippen LogP contribution in [0.5, 0.6) is 5.75 Å². The molecule has 3 N–H and O–H groups in total. The Morgan fingerprint density at radius 1 is 1.31 bits per heavy atom. The number of carboxylic acid groups (broad SMARTS) is 1. The van der Waals surface area contributed by atoms with Crippen LogP contribution in [0.25, 0.3) is 0 Å². The van der Waals surface area contributed by atoms with E-state index in [4.69, 9.17) is 14.5 Å². The highest BCUT2D eigenvalue weighted by Gasteiger charge is 2.44. The van der Waals surface area contributed by atoms with Gasteiger partial charge in [-0.15, -0.1) is 0 Å². The number of nitrogens with one attached hydrogen (secondary N) is 1. The van der Waals surface area contributed by atoms with Crippen LogP contribution < -0.4 is 10.1 Å². The maximum Gasteiger partial charge on any atom is 0.414 e. The predicted molar refractivity (Wildman–Crippen MR) is 128 cm³/mol. The molecule has 10 heteroatoms. The van der Waals surface area contributed by atoms with Gasteiger partial charge in [0, 0.05) is 18.6 Å². The summed E-state index contributed by atoms with van der Waals surface area (Å²) in [5, 5.41) is 21.4. The largest absolute Gasteiger partial charge is 0.493 e. The number of aliphatic hydroxyl groups is 1. The van der Waals surface area contributed by atoms with Gasteiger partial charge >= 0.3 is 12.1 Å². The highest BCUT2D eigenvalue weighted by atomic mass is 16.6. The van der Waals surface area contributed by atoms with E-state index < -0.39 is 29.2 Å². The molecule has 35 heavy (non-hydrogen) atoms. The maximum atomic E-state index is 13.7. The number of hydrogen-bond donors (Lipinski definition) is 3. The second-order valence-electron chi connectivity index (χ2n) is 9.97. The molecule has 0 fully saturated rings. The van der Waals surface area contributed by atoms with Crippen molar-refractivity contribution in [1.29, 1.82) is 0 Å². The number of carbonyl (C=O) groups is 3. The van der Waals surface area contributed by atoms with Gasteiger partial charge < -0.3 is 19.7 Å². The third-order valence-electron chi connectivity index (χ3n) is 6.22. The van der Waals surface area contributed by atoms with Crippen LogP contribution in [0.2, 0.25) is 0 Å². The van der Waals surface area contributed by atoms with Crippen LogP contribution in [0.15, 0.2) is 23.2 Å². The zero-order valence-electron chi connectivity index (χ0n) is 20.8. The predicted octanol–water partition coefficient (Wildman–Crippen LogP) is 3.63. The lowest BCUT2D eigenvalue weighted by Gasteiger charge is -2.43. The quantitative estimate of drug-likeness (QED) is 0.497. The molecule has 0 aromatic heterocycles. The lowest BCUT2D eigenvalue weighted by molar-refractivity contribution is -0.132. The highest BCUT2D eigenvalue weighted by molar-refractivity contribution is 6.05. The SMILES string of the molecule is CCC1(CCCCO)CC(=O)N(C2CCOc3ccc(C(=O)O)cc32)C(NC(=O)OC(C)(C)C)=N1. The molecule has 1 aromatic carbocycles. The number of amides is 2. The van der Waals surface area contributed by atoms with Gasteiger partial charge in [-0.25, -0.2) is 14.6 Å². The lowest BCUT2D eigenvalue weighted by Crippen LogP contribution is -2.56. The van der Waals surface area contributed by atoms with Crippen molar-refractivity contribution in [3.8, 4) is 5.75 Å². The topological polar surface area (TPSA) is 138 Å². The number of ether oxygens (including phenoxy) is 2. The number of nitrogens with zero attached hydrogens (tertiary/aromatic N) is 2. The van der Waals surface area contributed by atoms with E-state index in [9.17, 15) is 24.6 Å². The second kappa shape index (κ2) is 10.6. The molecule has 0 aliphatic carbocycles. The Bertz CT molecular complexity index is 1000. The number of benzene rings is 1. The Morgan fingerprint density at radius 3 is 2.69 bits per heavy atom. The van der Waals surface area contributed by atoms with E-state index in [0.29, 0.717) is 50.0 Å². The number of unbranched alkanes of at least 4 members (excludes halogenated alkanes) is 1. The molecule has 2 amide bonds. The first-order valence-corrected chi connectivity index (χ1v) is 12.0. The third kappa shape index (κ3) is 6.30. The molecular weight excluding hydrogens is 454 g/mol. The first-order chi connectivity index (χ1) is 16.5. The van der Waals surface area contributed by atoms with E-state index in [0.717, 1.165) is 0 Å². The third-order valence-corrected chi connectivity index (χ3v) is 6.22. The standard InChI is InChI=1S/C25H35N3O7/c1-5-25(11-6-7-12-29)15-20(30)28(22(27-25)26-23(33)35-24(2,3)4)18-10-13-34-19-9-8-16(21(31)32)14-17(18)19/h8-9,14,18,29H,5-7,10-13,15H2,1-4H3,(H,31,32)(H,26,27,33). The van der Waals surface area contributed by atoms with E-state index in [-0.39, 0.29) is 30.5 Å². The molecule has 0 radical (unpaired) electrons. The number of aromatic carboxylic acids is 1. The number of aliphatic hydroxyl groups excluding tert-OH is 1. The summed E-state index contributed by atoms with van der Waals surface area (Å²) in [4.78, 5) is 44.3. The summed E-state index contributed by atoms with van der Waals surface area (Å²) in [6.07, 6.45) is 2.24. The number of fused-ring (bicyclic) bond motifs is 1. The zero-order valence-corrected chi connectivity index (χ0v) is 20.8. The van der Waals surface area contributed by atoms with Crippen LogP contribution in [0, 0.1) is 0 Å². The van der Waals surface area contributed by atoms with Gasteiger partial charge in [0.1, 0.15) is 11.4 Å². The summed E-state index contributed by atoms with van der Waals surface area (Å²) in [5.74, 6) is -0.738. The van der Waals surface area contributed by atoms with Crippen molar-refractivity contribution >= 4 is 23.9 Å². The number of carboxylic acids is 1. The molecule has 2 aliphatic heterocycles. The zero-order chi connectivity index (χ0) is 25.8. The molecule has 3 rings (SSSR count). The monoisotopic (exact) mass is 489 g/mol. The van der Waals surface area contributed by atoms with Crippen LogP contribution in [0.3, 0.4) is 0 Å². The number of aliphatic imine (C=N–C) groups is 1. The Balaban J connectivity index is 2.04. The van der Waals surface area contributed by atoms with Crippen molar-refractivity contribution in [2.45, 2.75) is 83.4 Å². The van der Waals surface area contributed by atoms with Crippen LogP contribution in [-0.2, 0) is 9.53 Å². The van der Waals surface area contributed by atoms with Gasteiger partial charge in [-0.05, 0) is 64.7 Å². The molecule has 2 unspecified atom stereocenters. The summed E-state index contributed by atoms with van der Waals surface area (Å²) in [6.45, 7) is 7.54.